The van der Waals surface area contributed by atoms with Gasteiger partial charge in [0.25, 0.3) is 5.91 Å². The number of hydrogen-bond acceptors (Lipinski definition) is 3. The van der Waals surface area contributed by atoms with E-state index in [0.717, 1.165) is 17.5 Å². The summed E-state index contributed by atoms with van der Waals surface area (Å²) >= 11 is 0. The van der Waals surface area contributed by atoms with Crippen molar-refractivity contribution in [1.29, 1.82) is 0 Å². The Labute approximate surface area is 112 Å². The van der Waals surface area contributed by atoms with Crippen LogP contribution >= 0.6 is 0 Å². The van der Waals surface area contributed by atoms with Gasteiger partial charge in [-0.3, -0.25) is 4.79 Å². The number of anilines is 1. The number of carbonyl (C=O) groups is 1. The molecule has 0 saturated carbocycles. The first kappa shape index (κ1) is 13.2. The molecule has 4 nitrogen and oxygen atoms in total. The van der Waals surface area contributed by atoms with Crippen molar-refractivity contribution in [3.63, 3.8) is 0 Å². The van der Waals surface area contributed by atoms with E-state index in [4.69, 9.17) is 5.73 Å². The Balaban J connectivity index is 2.10. The minimum absolute atomic E-state index is 0.152. The van der Waals surface area contributed by atoms with Crippen LogP contribution in [0.4, 0.5) is 5.82 Å². The van der Waals surface area contributed by atoms with E-state index in [1.165, 1.54) is 0 Å². The third-order valence-electron chi connectivity index (χ3n) is 2.89. The van der Waals surface area contributed by atoms with Crippen LogP contribution in [0.25, 0.3) is 0 Å². The summed E-state index contributed by atoms with van der Waals surface area (Å²) in [7, 11) is 0. The molecule has 1 amide bonds. The molecule has 2 rings (SSSR count). The number of aryl methyl sites for hydroxylation is 1. The van der Waals surface area contributed by atoms with Crippen molar-refractivity contribution in [2.24, 2.45) is 5.73 Å². The average Bonchev–Trinajstić information content (AvgIpc) is 2.42. The first-order valence-corrected chi connectivity index (χ1v) is 6.22. The van der Waals surface area contributed by atoms with Gasteiger partial charge < -0.3 is 11.1 Å². The van der Waals surface area contributed by atoms with Crippen LogP contribution in [-0.2, 0) is 6.42 Å². The normalized spacial score (nSPS) is 10.2. The zero-order valence-electron chi connectivity index (χ0n) is 10.9. The number of nitrogens with zero attached hydrogens (tertiary/aromatic N) is 1. The van der Waals surface area contributed by atoms with E-state index in [1.54, 1.807) is 18.3 Å². The standard InChI is InChI=1S/C15H17N3O/c1-11-3-2-10-17-14(11)18-15(19)13-6-4-12(5-7-13)8-9-16/h2-7,10H,8-9,16H2,1H3,(H,17,18,19). The van der Waals surface area contributed by atoms with Crippen LogP contribution in [0, 0.1) is 6.92 Å². The molecule has 0 atom stereocenters. The van der Waals surface area contributed by atoms with E-state index in [-0.39, 0.29) is 5.91 Å². The van der Waals surface area contributed by atoms with Gasteiger partial charge in [-0.2, -0.15) is 0 Å². The van der Waals surface area contributed by atoms with Gasteiger partial charge in [0.05, 0.1) is 0 Å². The van der Waals surface area contributed by atoms with Crippen LogP contribution in [0.1, 0.15) is 21.5 Å². The molecule has 1 aromatic carbocycles. The molecule has 0 saturated heterocycles. The van der Waals surface area contributed by atoms with Crippen molar-refractivity contribution in [1.82, 2.24) is 4.98 Å². The highest BCUT2D eigenvalue weighted by Crippen LogP contribution is 2.12. The molecular weight excluding hydrogens is 238 g/mol. The predicted molar refractivity (Wildman–Crippen MR) is 76.1 cm³/mol. The zero-order valence-corrected chi connectivity index (χ0v) is 10.9. The highest BCUT2D eigenvalue weighted by molar-refractivity contribution is 6.04. The number of carbonyl (C=O) groups excluding carboxylic acids is 1. The molecule has 2 aromatic rings. The summed E-state index contributed by atoms with van der Waals surface area (Å²) in [5.41, 5.74) is 8.18. The summed E-state index contributed by atoms with van der Waals surface area (Å²) in [5.74, 6) is 0.444. The van der Waals surface area contributed by atoms with E-state index in [0.29, 0.717) is 17.9 Å². The summed E-state index contributed by atoms with van der Waals surface area (Å²) in [6.07, 6.45) is 2.48. The maximum atomic E-state index is 12.1. The topological polar surface area (TPSA) is 68.0 Å². The van der Waals surface area contributed by atoms with Crippen LogP contribution in [0.3, 0.4) is 0 Å². The summed E-state index contributed by atoms with van der Waals surface area (Å²) in [6.45, 7) is 2.52. The van der Waals surface area contributed by atoms with Crippen molar-refractivity contribution in [2.75, 3.05) is 11.9 Å². The van der Waals surface area contributed by atoms with Gasteiger partial charge in [-0.05, 0) is 49.2 Å². The second-order valence-corrected chi connectivity index (χ2v) is 4.36. The maximum Gasteiger partial charge on any atom is 0.256 e. The second kappa shape index (κ2) is 6.11. The molecule has 0 aliphatic carbocycles. The fourth-order valence-electron chi connectivity index (χ4n) is 1.79. The molecule has 3 N–H and O–H groups in total. The Bertz CT molecular complexity index is 564. The lowest BCUT2D eigenvalue weighted by molar-refractivity contribution is 0.102. The smallest absolute Gasteiger partial charge is 0.256 e. The molecule has 0 bridgehead atoms. The van der Waals surface area contributed by atoms with Gasteiger partial charge in [0.1, 0.15) is 5.82 Å². The van der Waals surface area contributed by atoms with Crippen molar-refractivity contribution in [3.05, 3.63) is 59.3 Å². The van der Waals surface area contributed by atoms with E-state index in [1.807, 2.05) is 31.2 Å². The Morgan fingerprint density at radius 1 is 1.26 bits per heavy atom. The number of aromatic nitrogens is 1. The molecule has 0 radical (unpaired) electrons. The minimum Gasteiger partial charge on any atom is -0.330 e. The van der Waals surface area contributed by atoms with Gasteiger partial charge in [0.15, 0.2) is 0 Å². The number of nitrogens with one attached hydrogen (secondary N) is 1. The van der Waals surface area contributed by atoms with Gasteiger partial charge >= 0.3 is 0 Å². The van der Waals surface area contributed by atoms with Crippen molar-refractivity contribution in [2.45, 2.75) is 13.3 Å². The van der Waals surface area contributed by atoms with Crippen LogP contribution in [-0.4, -0.2) is 17.4 Å². The Kier molecular flexibility index (Phi) is 4.26. The van der Waals surface area contributed by atoms with E-state index in [2.05, 4.69) is 10.3 Å². The summed E-state index contributed by atoms with van der Waals surface area (Å²) in [6, 6.07) is 11.2. The SMILES string of the molecule is Cc1cccnc1NC(=O)c1ccc(CCN)cc1. The second-order valence-electron chi connectivity index (χ2n) is 4.36. The third-order valence-corrected chi connectivity index (χ3v) is 2.89. The maximum absolute atomic E-state index is 12.1. The van der Waals surface area contributed by atoms with E-state index >= 15 is 0 Å². The van der Waals surface area contributed by atoms with Gasteiger partial charge in [-0.15, -0.1) is 0 Å². The average molecular weight is 255 g/mol. The monoisotopic (exact) mass is 255 g/mol. The van der Waals surface area contributed by atoms with Gasteiger partial charge in [0, 0.05) is 11.8 Å². The number of benzene rings is 1. The predicted octanol–water partition coefficient (Wildman–Crippen LogP) is 2.14. The number of hydrogen-bond donors (Lipinski definition) is 2. The van der Waals surface area contributed by atoms with Crippen molar-refractivity contribution in [3.8, 4) is 0 Å². The molecule has 1 aromatic heterocycles. The van der Waals surface area contributed by atoms with Crippen molar-refractivity contribution < 1.29 is 4.79 Å². The van der Waals surface area contributed by atoms with Crippen molar-refractivity contribution >= 4 is 11.7 Å². The molecule has 1 heterocycles. The van der Waals surface area contributed by atoms with E-state index < -0.39 is 0 Å². The fraction of sp³-hybridized carbons (Fsp3) is 0.200. The molecule has 0 spiro atoms. The van der Waals surface area contributed by atoms with Gasteiger partial charge in [-0.25, -0.2) is 4.98 Å². The third kappa shape index (κ3) is 3.39. The Morgan fingerprint density at radius 3 is 2.63 bits per heavy atom. The zero-order chi connectivity index (χ0) is 13.7. The van der Waals surface area contributed by atoms with E-state index in [9.17, 15) is 4.79 Å². The van der Waals surface area contributed by atoms with Crippen LogP contribution in [0.5, 0.6) is 0 Å². The number of amides is 1. The highest BCUT2D eigenvalue weighted by atomic mass is 16.1. The van der Waals surface area contributed by atoms with Crippen LogP contribution in [0.15, 0.2) is 42.6 Å². The number of nitrogens with two attached hydrogens (primary N) is 1. The lowest BCUT2D eigenvalue weighted by atomic mass is 10.1. The lowest BCUT2D eigenvalue weighted by Crippen LogP contribution is -2.14. The minimum atomic E-state index is -0.152. The quantitative estimate of drug-likeness (QED) is 0.879. The van der Waals surface area contributed by atoms with Crippen LogP contribution in [0.2, 0.25) is 0 Å². The fourth-order valence-corrected chi connectivity index (χ4v) is 1.79. The molecule has 4 heteroatoms. The molecular formula is C15H17N3O. The Hall–Kier alpha value is -2.20. The lowest BCUT2D eigenvalue weighted by Gasteiger charge is -2.07. The summed E-state index contributed by atoms with van der Waals surface area (Å²) in [5, 5.41) is 2.80. The molecule has 0 unspecified atom stereocenters. The number of rotatable bonds is 4. The summed E-state index contributed by atoms with van der Waals surface area (Å²) in [4.78, 5) is 16.2. The first-order chi connectivity index (χ1) is 9.20. The van der Waals surface area contributed by atoms with Crippen LogP contribution < -0.4 is 11.1 Å². The first-order valence-electron chi connectivity index (χ1n) is 6.22. The molecule has 19 heavy (non-hydrogen) atoms. The molecule has 0 fully saturated rings. The molecule has 0 aliphatic rings. The molecule has 98 valence electrons. The molecule has 0 aliphatic heterocycles. The number of pyridine rings is 1. The summed E-state index contributed by atoms with van der Waals surface area (Å²) < 4.78 is 0. The highest BCUT2D eigenvalue weighted by Gasteiger charge is 2.08. The Morgan fingerprint density at radius 2 is 2.00 bits per heavy atom. The largest absolute Gasteiger partial charge is 0.330 e. The van der Waals surface area contributed by atoms with Gasteiger partial charge in [0.2, 0.25) is 0 Å². The van der Waals surface area contributed by atoms with Gasteiger partial charge in [-0.1, -0.05) is 18.2 Å².